The maximum Gasteiger partial charge on any atom is 0.284 e. The molecule has 1 amide bonds. The zero-order chi connectivity index (χ0) is 6.69. The first-order valence-electron chi connectivity index (χ1n) is 2.28. The Morgan fingerprint density at radius 1 is 1.78 bits per heavy atom. The molecule has 4 heteroatoms. The molecule has 0 saturated carbocycles. The van der Waals surface area contributed by atoms with Crippen molar-refractivity contribution in [1.82, 2.24) is 0 Å². The number of rotatable bonds is 1. The molecule has 48 valence electrons. The fourth-order valence-electron chi connectivity index (χ4n) is 0.378. The van der Waals surface area contributed by atoms with E-state index in [0.29, 0.717) is 0 Å². The van der Waals surface area contributed by atoms with E-state index in [4.69, 9.17) is 10.5 Å². The molecule has 0 aromatic carbocycles. The molecule has 0 aromatic rings. The summed E-state index contributed by atoms with van der Waals surface area (Å²) in [7, 11) is 0. The minimum atomic E-state index is -0.535. The van der Waals surface area contributed by atoms with E-state index in [-0.39, 0.29) is 5.76 Å². The van der Waals surface area contributed by atoms with Crippen LogP contribution in [0.1, 0.15) is 0 Å². The molecule has 1 rings (SSSR count). The van der Waals surface area contributed by atoms with Crippen LogP contribution >= 0.6 is 11.8 Å². The van der Waals surface area contributed by atoms with Gasteiger partial charge in [-0.2, -0.15) is 0 Å². The Morgan fingerprint density at radius 3 is 2.89 bits per heavy atom. The molecule has 0 radical (unpaired) electrons. The van der Waals surface area contributed by atoms with Gasteiger partial charge in [-0.05, 0) is 0 Å². The van der Waals surface area contributed by atoms with Crippen molar-refractivity contribution in [3.63, 3.8) is 0 Å². The van der Waals surface area contributed by atoms with Crippen LogP contribution in [-0.2, 0) is 9.53 Å². The van der Waals surface area contributed by atoms with E-state index in [0.717, 1.165) is 0 Å². The van der Waals surface area contributed by atoms with Crippen molar-refractivity contribution in [1.29, 1.82) is 0 Å². The summed E-state index contributed by atoms with van der Waals surface area (Å²) in [5.74, 6) is -0.339. The van der Waals surface area contributed by atoms with Crippen LogP contribution < -0.4 is 5.73 Å². The average Bonchev–Trinajstić information content (AvgIpc) is 1.90. The third kappa shape index (κ3) is 1.50. The van der Waals surface area contributed by atoms with Gasteiger partial charge in [0.15, 0.2) is 5.76 Å². The Hall–Kier alpha value is -0.900. The SMILES string of the molecule is NC(=O)C1=CSC=CO1. The lowest BCUT2D eigenvalue weighted by molar-refractivity contribution is -0.117. The summed E-state index contributed by atoms with van der Waals surface area (Å²) in [6.45, 7) is 0. The molecule has 0 bridgehead atoms. The maximum absolute atomic E-state index is 10.3. The van der Waals surface area contributed by atoms with Crippen LogP contribution in [0.2, 0.25) is 0 Å². The zero-order valence-corrected chi connectivity index (χ0v) is 5.35. The van der Waals surface area contributed by atoms with Gasteiger partial charge in [0.1, 0.15) is 0 Å². The van der Waals surface area contributed by atoms with Gasteiger partial charge in [0.25, 0.3) is 5.91 Å². The van der Waals surface area contributed by atoms with Crippen molar-refractivity contribution in [3.05, 3.63) is 22.8 Å². The Morgan fingerprint density at radius 2 is 2.56 bits per heavy atom. The smallest absolute Gasteiger partial charge is 0.284 e. The van der Waals surface area contributed by atoms with Gasteiger partial charge in [0.2, 0.25) is 0 Å². The summed E-state index contributed by atoms with van der Waals surface area (Å²) < 4.78 is 4.72. The van der Waals surface area contributed by atoms with Crippen molar-refractivity contribution in [2.24, 2.45) is 5.73 Å². The second-order valence-corrected chi connectivity index (χ2v) is 2.15. The summed E-state index contributed by atoms with van der Waals surface area (Å²) in [4.78, 5) is 10.3. The molecular weight excluding hydrogens is 138 g/mol. The van der Waals surface area contributed by atoms with Crippen LogP contribution in [0.4, 0.5) is 0 Å². The molecule has 0 fully saturated rings. The van der Waals surface area contributed by atoms with Crippen LogP contribution in [-0.4, -0.2) is 5.91 Å². The van der Waals surface area contributed by atoms with Crippen LogP contribution in [0, 0.1) is 0 Å². The lowest BCUT2D eigenvalue weighted by Crippen LogP contribution is -2.14. The van der Waals surface area contributed by atoms with E-state index in [1.807, 2.05) is 0 Å². The Bertz CT molecular complexity index is 185. The number of carbonyl (C=O) groups is 1. The summed E-state index contributed by atoms with van der Waals surface area (Å²) in [6.07, 6.45) is 1.42. The lowest BCUT2D eigenvalue weighted by atomic mass is 10.5. The molecule has 1 aliphatic rings. The first-order chi connectivity index (χ1) is 4.30. The van der Waals surface area contributed by atoms with E-state index in [9.17, 15) is 4.79 Å². The molecule has 0 unspecified atom stereocenters. The van der Waals surface area contributed by atoms with Crippen molar-refractivity contribution in [2.75, 3.05) is 0 Å². The van der Waals surface area contributed by atoms with Gasteiger partial charge in [0.05, 0.1) is 6.26 Å². The average molecular weight is 143 g/mol. The molecule has 0 atom stereocenters. The van der Waals surface area contributed by atoms with Gasteiger partial charge in [-0.25, -0.2) is 0 Å². The molecule has 0 saturated heterocycles. The third-order valence-electron chi connectivity index (χ3n) is 0.747. The number of amides is 1. The van der Waals surface area contributed by atoms with Gasteiger partial charge in [-0.15, -0.1) is 0 Å². The van der Waals surface area contributed by atoms with Gasteiger partial charge in [-0.3, -0.25) is 4.79 Å². The molecule has 0 aromatic heterocycles. The zero-order valence-electron chi connectivity index (χ0n) is 4.53. The number of carbonyl (C=O) groups excluding carboxylic acids is 1. The minimum Gasteiger partial charge on any atom is -0.458 e. The predicted molar refractivity (Wildman–Crippen MR) is 35.1 cm³/mol. The van der Waals surface area contributed by atoms with Crippen LogP contribution in [0.15, 0.2) is 22.8 Å². The third-order valence-corrected chi connectivity index (χ3v) is 1.37. The van der Waals surface area contributed by atoms with Gasteiger partial charge in [0, 0.05) is 10.8 Å². The Labute approximate surface area is 56.6 Å². The van der Waals surface area contributed by atoms with Crippen molar-refractivity contribution in [3.8, 4) is 0 Å². The highest BCUT2D eigenvalue weighted by molar-refractivity contribution is 8.05. The van der Waals surface area contributed by atoms with E-state index in [1.54, 1.807) is 10.8 Å². The molecule has 0 spiro atoms. The standard InChI is InChI=1S/C5H5NO2S/c6-5(7)4-3-9-2-1-8-4/h1-3H,(H2,6,7). The molecule has 1 heterocycles. The van der Waals surface area contributed by atoms with Crippen LogP contribution in [0.25, 0.3) is 0 Å². The quantitative estimate of drug-likeness (QED) is 0.583. The number of primary amides is 1. The summed E-state index contributed by atoms with van der Waals surface area (Å²) >= 11 is 1.36. The molecule has 1 aliphatic heterocycles. The van der Waals surface area contributed by atoms with E-state index in [1.165, 1.54) is 18.0 Å². The highest BCUT2D eigenvalue weighted by atomic mass is 32.2. The number of nitrogens with two attached hydrogens (primary N) is 1. The predicted octanol–water partition coefficient (Wildman–Crippen LogP) is 0.548. The summed E-state index contributed by atoms with van der Waals surface area (Å²) in [5, 5.41) is 3.27. The molecule has 3 nitrogen and oxygen atoms in total. The first-order valence-corrected chi connectivity index (χ1v) is 3.22. The number of thioether (sulfide) groups is 1. The molecule has 9 heavy (non-hydrogen) atoms. The van der Waals surface area contributed by atoms with E-state index < -0.39 is 5.91 Å². The van der Waals surface area contributed by atoms with Gasteiger partial charge < -0.3 is 10.5 Å². The Kier molecular flexibility index (Phi) is 1.79. The topological polar surface area (TPSA) is 52.3 Å². The fourth-order valence-corrected chi connectivity index (χ4v) is 0.872. The van der Waals surface area contributed by atoms with Gasteiger partial charge in [-0.1, -0.05) is 11.8 Å². The number of hydrogen-bond acceptors (Lipinski definition) is 3. The number of hydrogen-bond donors (Lipinski definition) is 1. The monoisotopic (exact) mass is 143 g/mol. The van der Waals surface area contributed by atoms with Crippen molar-refractivity contribution < 1.29 is 9.53 Å². The normalized spacial score (nSPS) is 16.2. The Balaban J connectivity index is 2.61. The molecule has 0 aliphatic carbocycles. The highest BCUT2D eigenvalue weighted by Gasteiger charge is 2.05. The second-order valence-electron chi connectivity index (χ2n) is 1.37. The summed E-state index contributed by atoms with van der Waals surface area (Å²) in [6, 6.07) is 0. The minimum absolute atomic E-state index is 0.197. The first kappa shape index (κ1) is 6.22. The maximum atomic E-state index is 10.3. The second kappa shape index (κ2) is 2.59. The van der Waals surface area contributed by atoms with Crippen LogP contribution in [0.3, 0.4) is 0 Å². The lowest BCUT2D eigenvalue weighted by Gasteiger charge is -2.03. The highest BCUT2D eigenvalue weighted by Crippen LogP contribution is 2.15. The van der Waals surface area contributed by atoms with E-state index in [2.05, 4.69) is 0 Å². The summed E-state index contributed by atoms with van der Waals surface area (Å²) in [5.41, 5.74) is 4.89. The van der Waals surface area contributed by atoms with Crippen LogP contribution in [0.5, 0.6) is 0 Å². The fraction of sp³-hybridized carbons (Fsp3) is 0. The van der Waals surface area contributed by atoms with Crippen molar-refractivity contribution >= 4 is 17.7 Å². The van der Waals surface area contributed by atoms with Gasteiger partial charge >= 0.3 is 0 Å². The molecular formula is C5H5NO2S. The molecule has 2 N–H and O–H groups in total. The van der Waals surface area contributed by atoms with E-state index >= 15 is 0 Å². The van der Waals surface area contributed by atoms with Crippen molar-refractivity contribution in [2.45, 2.75) is 0 Å². The largest absolute Gasteiger partial charge is 0.458 e. The number of ether oxygens (including phenoxy) is 1.